The first-order chi connectivity index (χ1) is 7.70. The molecule has 0 radical (unpaired) electrons. The Labute approximate surface area is 96.1 Å². The lowest BCUT2D eigenvalue weighted by atomic mass is 10.2. The van der Waals surface area contributed by atoms with E-state index >= 15 is 0 Å². The molecule has 0 fully saturated rings. The van der Waals surface area contributed by atoms with E-state index in [4.69, 9.17) is 4.74 Å². The number of nitrogens with zero attached hydrogens (tertiary/aromatic N) is 1. The third kappa shape index (κ3) is 2.11. The Kier molecular flexibility index (Phi) is 3.00. The van der Waals surface area contributed by atoms with Gasteiger partial charge in [-0.1, -0.05) is 12.2 Å². The minimum atomic E-state index is 0.706. The van der Waals surface area contributed by atoms with Crippen LogP contribution in [0.4, 0.5) is 0 Å². The molecule has 0 aliphatic carbocycles. The van der Waals surface area contributed by atoms with Gasteiger partial charge in [0.1, 0.15) is 5.75 Å². The van der Waals surface area contributed by atoms with Gasteiger partial charge in [0, 0.05) is 23.6 Å². The maximum atomic E-state index is 5.48. The molecule has 0 bridgehead atoms. The van der Waals surface area contributed by atoms with Crippen LogP contribution >= 0.6 is 0 Å². The molecule has 1 heterocycles. The van der Waals surface area contributed by atoms with E-state index < -0.39 is 0 Å². The highest BCUT2D eigenvalue weighted by Gasteiger charge is 2.02. The molecule has 0 saturated carbocycles. The van der Waals surface area contributed by atoms with E-state index in [9.17, 15) is 0 Å². The SMILES string of the molecule is C=C(C)Cn1ccc2cc(OCC)ccc21. The van der Waals surface area contributed by atoms with Gasteiger partial charge in [0.2, 0.25) is 0 Å². The summed E-state index contributed by atoms with van der Waals surface area (Å²) in [4.78, 5) is 0. The van der Waals surface area contributed by atoms with E-state index in [-0.39, 0.29) is 0 Å². The molecule has 1 aromatic heterocycles. The third-order valence-corrected chi connectivity index (χ3v) is 2.49. The highest BCUT2D eigenvalue weighted by Crippen LogP contribution is 2.22. The van der Waals surface area contributed by atoms with Gasteiger partial charge in [-0.15, -0.1) is 0 Å². The van der Waals surface area contributed by atoms with E-state index in [1.165, 1.54) is 10.9 Å². The summed E-state index contributed by atoms with van der Waals surface area (Å²) < 4.78 is 7.68. The van der Waals surface area contributed by atoms with Crippen molar-refractivity contribution in [3.05, 3.63) is 42.6 Å². The van der Waals surface area contributed by atoms with Gasteiger partial charge in [0.25, 0.3) is 0 Å². The molecule has 0 aliphatic rings. The quantitative estimate of drug-likeness (QED) is 0.710. The summed E-state index contributed by atoms with van der Waals surface area (Å²) in [5, 5.41) is 1.22. The first kappa shape index (κ1) is 10.8. The average Bonchev–Trinajstić information content (AvgIpc) is 2.61. The van der Waals surface area contributed by atoms with Crippen molar-refractivity contribution in [1.29, 1.82) is 0 Å². The second-order valence-corrected chi connectivity index (χ2v) is 4.05. The molecule has 0 saturated heterocycles. The zero-order valence-electron chi connectivity index (χ0n) is 9.86. The van der Waals surface area contributed by atoms with Crippen molar-refractivity contribution in [3.8, 4) is 5.75 Å². The normalized spacial score (nSPS) is 10.6. The first-order valence-corrected chi connectivity index (χ1v) is 5.57. The predicted molar refractivity (Wildman–Crippen MR) is 67.9 cm³/mol. The van der Waals surface area contributed by atoms with Crippen molar-refractivity contribution in [2.45, 2.75) is 20.4 Å². The number of hydrogen-bond donors (Lipinski definition) is 0. The minimum Gasteiger partial charge on any atom is -0.494 e. The summed E-state index contributed by atoms with van der Waals surface area (Å²) in [5.41, 5.74) is 2.39. The lowest BCUT2D eigenvalue weighted by molar-refractivity contribution is 0.340. The molecule has 0 spiro atoms. The van der Waals surface area contributed by atoms with Gasteiger partial charge in [-0.2, -0.15) is 0 Å². The zero-order valence-corrected chi connectivity index (χ0v) is 9.86. The molecule has 0 N–H and O–H groups in total. The lowest BCUT2D eigenvalue weighted by Crippen LogP contribution is -1.96. The van der Waals surface area contributed by atoms with Crippen LogP contribution in [-0.2, 0) is 6.54 Å². The molecule has 84 valence electrons. The van der Waals surface area contributed by atoms with Gasteiger partial charge >= 0.3 is 0 Å². The van der Waals surface area contributed by atoms with Crippen molar-refractivity contribution in [2.24, 2.45) is 0 Å². The maximum Gasteiger partial charge on any atom is 0.120 e. The van der Waals surface area contributed by atoms with Crippen LogP contribution in [0.3, 0.4) is 0 Å². The Morgan fingerprint density at radius 3 is 2.88 bits per heavy atom. The van der Waals surface area contributed by atoms with Crippen LogP contribution in [0.25, 0.3) is 10.9 Å². The second-order valence-electron chi connectivity index (χ2n) is 4.05. The molecule has 0 unspecified atom stereocenters. The second kappa shape index (κ2) is 4.44. The fourth-order valence-corrected chi connectivity index (χ4v) is 1.86. The highest BCUT2D eigenvalue weighted by atomic mass is 16.5. The zero-order chi connectivity index (χ0) is 11.5. The van der Waals surface area contributed by atoms with Crippen molar-refractivity contribution in [2.75, 3.05) is 6.61 Å². The molecule has 0 aliphatic heterocycles. The number of ether oxygens (including phenoxy) is 1. The predicted octanol–water partition coefficient (Wildman–Crippen LogP) is 3.62. The van der Waals surface area contributed by atoms with Crippen molar-refractivity contribution >= 4 is 10.9 Å². The number of fused-ring (bicyclic) bond motifs is 1. The van der Waals surface area contributed by atoms with Crippen LogP contribution in [0.5, 0.6) is 5.75 Å². The number of aromatic nitrogens is 1. The molecule has 2 nitrogen and oxygen atoms in total. The van der Waals surface area contributed by atoms with Crippen molar-refractivity contribution in [3.63, 3.8) is 0 Å². The monoisotopic (exact) mass is 215 g/mol. The van der Waals surface area contributed by atoms with Crippen LogP contribution in [-0.4, -0.2) is 11.2 Å². The largest absolute Gasteiger partial charge is 0.494 e. The summed E-state index contributed by atoms with van der Waals surface area (Å²) in [7, 11) is 0. The summed E-state index contributed by atoms with van der Waals surface area (Å²) in [6.07, 6.45) is 2.09. The summed E-state index contributed by atoms with van der Waals surface area (Å²) in [5.74, 6) is 0.933. The van der Waals surface area contributed by atoms with Gasteiger partial charge in [-0.05, 0) is 38.1 Å². The van der Waals surface area contributed by atoms with Crippen molar-refractivity contribution < 1.29 is 4.74 Å². The van der Waals surface area contributed by atoms with Gasteiger partial charge in [0.05, 0.1) is 6.61 Å². The van der Waals surface area contributed by atoms with E-state index in [0.29, 0.717) is 6.61 Å². The van der Waals surface area contributed by atoms with Crippen LogP contribution in [0, 0.1) is 0 Å². The first-order valence-electron chi connectivity index (χ1n) is 5.57. The Morgan fingerprint density at radius 1 is 1.38 bits per heavy atom. The lowest BCUT2D eigenvalue weighted by Gasteiger charge is -2.06. The molecular weight excluding hydrogens is 198 g/mol. The topological polar surface area (TPSA) is 14.2 Å². The summed E-state index contributed by atoms with van der Waals surface area (Å²) in [6, 6.07) is 8.30. The number of allylic oxidation sites excluding steroid dienone is 1. The molecule has 2 heteroatoms. The Hall–Kier alpha value is -1.70. The molecule has 2 aromatic rings. The molecule has 0 atom stereocenters. The summed E-state index contributed by atoms with van der Waals surface area (Å²) >= 11 is 0. The standard InChI is InChI=1S/C14H17NO/c1-4-16-13-5-6-14-12(9-13)7-8-15(14)10-11(2)3/h5-9H,2,4,10H2,1,3H3. The molecular formula is C14H17NO. The van der Waals surface area contributed by atoms with Gasteiger partial charge in [-0.25, -0.2) is 0 Å². The summed E-state index contributed by atoms with van der Waals surface area (Å²) in [6.45, 7) is 9.56. The number of hydrogen-bond acceptors (Lipinski definition) is 1. The highest BCUT2D eigenvalue weighted by molar-refractivity contribution is 5.81. The van der Waals surface area contributed by atoms with Crippen LogP contribution in [0.2, 0.25) is 0 Å². The third-order valence-electron chi connectivity index (χ3n) is 2.49. The molecule has 0 amide bonds. The average molecular weight is 215 g/mol. The fourth-order valence-electron chi connectivity index (χ4n) is 1.86. The fraction of sp³-hybridized carbons (Fsp3) is 0.286. The van der Waals surface area contributed by atoms with E-state index in [2.05, 4.69) is 35.5 Å². The van der Waals surface area contributed by atoms with Crippen LogP contribution in [0.15, 0.2) is 42.6 Å². The number of rotatable bonds is 4. The van der Waals surface area contributed by atoms with E-state index in [1.807, 2.05) is 19.9 Å². The van der Waals surface area contributed by atoms with Gasteiger partial charge < -0.3 is 9.30 Å². The molecule has 16 heavy (non-hydrogen) atoms. The van der Waals surface area contributed by atoms with Gasteiger partial charge in [0.15, 0.2) is 0 Å². The Morgan fingerprint density at radius 2 is 2.19 bits per heavy atom. The van der Waals surface area contributed by atoms with Gasteiger partial charge in [-0.3, -0.25) is 0 Å². The van der Waals surface area contributed by atoms with Crippen LogP contribution < -0.4 is 4.74 Å². The molecule has 1 aromatic carbocycles. The van der Waals surface area contributed by atoms with E-state index in [0.717, 1.165) is 17.9 Å². The number of benzene rings is 1. The van der Waals surface area contributed by atoms with Crippen LogP contribution in [0.1, 0.15) is 13.8 Å². The molecule has 2 rings (SSSR count). The Bertz CT molecular complexity index is 510. The minimum absolute atomic E-state index is 0.706. The Balaban J connectivity index is 2.38. The smallest absolute Gasteiger partial charge is 0.120 e. The van der Waals surface area contributed by atoms with E-state index in [1.54, 1.807) is 0 Å². The maximum absolute atomic E-state index is 5.48. The van der Waals surface area contributed by atoms with Crippen molar-refractivity contribution in [1.82, 2.24) is 4.57 Å².